The van der Waals surface area contributed by atoms with Crippen molar-refractivity contribution in [2.45, 2.75) is 33.1 Å². The highest BCUT2D eigenvalue weighted by molar-refractivity contribution is 6.09. The highest BCUT2D eigenvalue weighted by Crippen LogP contribution is 2.13. The molecule has 0 amide bonds. The Kier molecular flexibility index (Phi) is 4.51. The number of carbonyl (C=O) groups excluding carboxylic acids is 1. The van der Waals surface area contributed by atoms with Crippen molar-refractivity contribution >= 4 is 5.78 Å². The lowest BCUT2D eigenvalue weighted by molar-refractivity contribution is 0.103. The van der Waals surface area contributed by atoms with Gasteiger partial charge >= 0.3 is 0 Å². The van der Waals surface area contributed by atoms with E-state index in [1.165, 1.54) is 18.4 Å². The van der Waals surface area contributed by atoms with Crippen LogP contribution in [0.15, 0.2) is 48.5 Å². The van der Waals surface area contributed by atoms with Gasteiger partial charge in [-0.05, 0) is 31.4 Å². The molecule has 0 unspecified atom stereocenters. The first-order valence-electron chi connectivity index (χ1n) is 6.91. The number of ketones is 1. The molecule has 2 aromatic rings. The molecule has 2 aromatic carbocycles. The van der Waals surface area contributed by atoms with E-state index in [1.807, 2.05) is 43.3 Å². The summed E-state index contributed by atoms with van der Waals surface area (Å²) in [5.74, 6) is 0.103. The molecule has 0 heterocycles. The van der Waals surface area contributed by atoms with E-state index in [9.17, 15) is 4.79 Å². The van der Waals surface area contributed by atoms with E-state index in [-0.39, 0.29) is 5.78 Å². The average molecular weight is 252 g/mol. The van der Waals surface area contributed by atoms with E-state index in [0.717, 1.165) is 23.1 Å². The monoisotopic (exact) mass is 252 g/mol. The van der Waals surface area contributed by atoms with Gasteiger partial charge in [0.15, 0.2) is 5.78 Å². The van der Waals surface area contributed by atoms with Gasteiger partial charge in [-0.3, -0.25) is 4.79 Å². The number of benzene rings is 2. The fraction of sp³-hybridized carbons (Fsp3) is 0.278. The van der Waals surface area contributed by atoms with E-state index in [0.29, 0.717) is 0 Å². The van der Waals surface area contributed by atoms with Gasteiger partial charge in [0.05, 0.1) is 0 Å². The van der Waals surface area contributed by atoms with E-state index < -0.39 is 0 Å². The molecule has 0 aromatic heterocycles. The summed E-state index contributed by atoms with van der Waals surface area (Å²) in [6.07, 6.45) is 3.49. The second-order valence-corrected chi connectivity index (χ2v) is 5.00. The zero-order valence-electron chi connectivity index (χ0n) is 11.6. The lowest BCUT2D eigenvalue weighted by atomic mass is 9.99. The smallest absolute Gasteiger partial charge is 0.193 e. The van der Waals surface area contributed by atoms with Crippen molar-refractivity contribution in [3.63, 3.8) is 0 Å². The maximum absolute atomic E-state index is 12.3. The molecule has 0 N–H and O–H groups in total. The first kappa shape index (κ1) is 13.5. The SMILES string of the molecule is CCCCc1ccc(C(=O)c2cccc(C)c2)cc1. The number of unbranched alkanes of at least 4 members (excludes halogenated alkanes) is 1. The van der Waals surface area contributed by atoms with Gasteiger partial charge in [-0.1, -0.05) is 61.4 Å². The van der Waals surface area contributed by atoms with Crippen LogP contribution in [0.25, 0.3) is 0 Å². The molecule has 0 radical (unpaired) electrons. The van der Waals surface area contributed by atoms with Crippen LogP contribution >= 0.6 is 0 Å². The fourth-order valence-corrected chi connectivity index (χ4v) is 2.16. The molecule has 1 heteroatoms. The molecule has 2 rings (SSSR count). The Labute approximate surface area is 115 Å². The van der Waals surface area contributed by atoms with E-state index in [2.05, 4.69) is 19.1 Å². The third-order valence-corrected chi connectivity index (χ3v) is 3.32. The minimum Gasteiger partial charge on any atom is -0.289 e. The van der Waals surface area contributed by atoms with Crippen LogP contribution in [0.1, 0.15) is 46.8 Å². The minimum absolute atomic E-state index is 0.103. The van der Waals surface area contributed by atoms with Crippen molar-refractivity contribution < 1.29 is 4.79 Å². The number of aryl methyl sites for hydroxylation is 2. The van der Waals surface area contributed by atoms with Crippen molar-refractivity contribution in [1.82, 2.24) is 0 Å². The van der Waals surface area contributed by atoms with Crippen LogP contribution in [0.2, 0.25) is 0 Å². The zero-order chi connectivity index (χ0) is 13.7. The lowest BCUT2D eigenvalue weighted by Gasteiger charge is -2.04. The largest absolute Gasteiger partial charge is 0.289 e. The molecule has 0 aliphatic heterocycles. The number of carbonyl (C=O) groups is 1. The van der Waals surface area contributed by atoms with Crippen LogP contribution in [0.5, 0.6) is 0 Å². The maximum atomic E-state index is 12.3. The Balaban J connectivity index is 2.15. The summed E-state index contributed by atoms with van der Waals surface area (Å²) >= 11 is 0. The van der Waals surface area contributed by atoms with Crippen LogP contribution in [-0.2, 0) is 6.42 Å². The fourth-order valence-electron chi connectivity index (χ4n) is 2.16. The molecule has 0 aliphatic rings. The number of hydrogen-bond donors (Lipinski definition) is 0. The van der Waals surface area contributed by atoms with E-state index >= 15 is 0 Å². The van der Waals surface area contributed by atoms with Gasteiger partial charge in [0, 0.05) is 11.1 Å². The van der Waals surface area contributed by atoms with Gasteiger partial charge in [0.1, 0.15) is 0 Å². The van der Waals surface area contributed by atoms with Crippen molar-refractivity contribution in [2.24, 2.45) is 0 Å². The Bertz CT molecular complexity index is 552. The normalized spacial score (nSPS) is 10.4. The third-order valence-electron chi connectivity index (χ3n) is 3.32. The van der Waals surface area contributed by atoms with Crippen molar-refractivity contribution in [1.29, 1.82) is 0 Å². The molecule has 19 heavy (non-hydrogen) atoms. The highest BCUT2D eigenvalue weighted by atomic mass is 16.1. The number of hydrogen-bond acceptors (Lipinski definition) is 1. The Morgan fingerprint density at radius 2 is 1.74 bits per heavy atom. The Morgan fingerprint density at radius 1 is 1.00 bits per heavy atom. The quantitative estimate of drug-likeness (QED) is 0.712. The first-order valence-corrected chi connectivity index (χ1v) is 6.91. The third kappa shape index (κ3) is 3.54. The van der Waals surface area contributed by atoms with Gasteiger partial charge in [-0.15, -0.1) is 0 Å². The molecule has 1 nitrogen and oxygen atoms in total. The topological polar surface area (TPSA) is 17.1 Å². The molecular formula is C18H20O. The highest BCUT2D eigenvalue weighted by Gasteiger charge is 2.08. The summed E-state index contributed by atoms with van der Waals surface area (Å²) in [5, 5.41) is 0. The summed E-state index contributed by atoms with van der Waals surface area (Å²) < 4.78 is 0. The predicted molar refractivity (Wildman–Crippen MR) is 79.7 cm³/mol. The van der Waals surface area contributed by atoms with Gasteiger partial charge in [0.2, 0.25) is 0 Å². The molecule has 0 spiro atoms. The second-order valence-electron chi connectivity index (χ2n) is 5.00. The summed E-state index contributed by atoms with van der Waals surface area (Å²) in [7, 11) is 0. The zero-order valence-corrected chi connectivity index (χ0v) is 11.6. The Morgan fingerprint density at radius 3 is 2.37 bits per heavy atom. The standard InChI is InChI=1S/C18H20O/c1-3-4-7-15-9-11-16(12-10-15)18(19)17-8-5-6-14(2)13-17/h5-6,8-13H,3-4,7H2,1-2H3. The van der Waals surface area contributed by atoms with Crippen LogP contribution < -0.4 is 0 Å². The summed E-state index contributed by atoms with van der Waals surface area (Å²) in [6, 6.07) is 15.8. The Hall–Kier alpha value is -1.89. The first-order chi connectivity index (χ1) is 9.20. The lowest BCUT2D eigenvalue weighted by Crippen LogP contribution is -2.01. The molecule has 0 fully saturated rings. The van der Waals surface area contributed by atoms with Crippen molar-refractivity contribution in [3.8, 4) is 0 Å². The molecule has 0 aliphatic carbocycles. The van der Waals surface area contributed by atoms with Gasteiger partial charge in [-0.25, -0.2) is 0 Å². The second kappa shape index (κ2) is 6.33. The van der Waals surface area contributed by atoms with Crippen LogP contribution in [0.4, 0.5) is 0 Å². The molecule has 0 atom stereocenters. The van der Waals surface area contributed by atoms with Crippen molar-refractivity contribution in [2.75, 3.05) is 0 Å². The summed E-state index contributed by atoms with van der Waals surface area (Å²) in [5.41, 5.74) is 3.96. The number of rotatable bonds is 5. The molecular weight excluding hydrogens is 232 g/mol. The molecule has 0 bridgehead atoms. The van der Waals surface area contributed by atoms with Crippen LogP contribution in [0, 0.1) is 6.92 Å². The summed E-state index contributed by atoms with van der Waals surface area (Å²) in [6.45, 7) is 4.19. The predicted octanol–water partition coefficient (Wildman–Crippen LogP) is 4.57. The molecule has 98 valence electrons. The van der Waals surface area contributed by atoms with Gasteiger partial charge in [0.25, 0.3) is 0 Å². The van der Waals surface area contributed by atoms with E-state index in [1.54, 1.807) is 0 Å². The minimum atomic E-state index is 0.103. The maximum Gasteiger partial charge on any atom is 0.193 e. The van der Waals surface area contributed by atoms with Gasteiger partial charge in [-0.2, -0.15) is 0 Å². The van der Waals surface area contributed by atoms with Crippen LogP contribution in [0.3, 0.4) is 0 Å². The molecule has 0 saturated carbocycles. The summed E-state index contributed by atoms with van der Waals surface area (Å²) in [4.78, 5) is 12.3. The van der Waals surface area contributed by atoms with E-state index in [4.69, 9.17) is 0 Å². The average Bonchev–Trinajstić information content (AvgIpc) is 2.45. The van der Waals surface area contributed by atoms with Crippen LogP contribution in [-0.4, -0.2) is 5.78 Å². The van der Waals surface area contributed by atoms with Gasteiger partial charge < -0.3 is 0 Å². The van der Waals surface area contributed by atoms with Crippen molar-refractivity contribution in [3.05, 3.63) is 70.8 Å². The molecule has 0 saturated heterocycles.